The van der Waals surface area contributed by atoms with Crippen molar-refractivity contribution in [3.8, 4) is 0 Å². The first-order valence-electron chi connectivity index (χ1n) is 6.01. The van der Waals surface area contributed by atoms with E-state index in [-0.39, 0.29) is 0 Å². The van der Waals surface area contributed by atoms with E-state index in [2.05, 4.69) is 18.9 Å². The highest BCUT2D eigenvalue weighted by molar-refractivity contribution is 4.88. The summed E-state index contributed by atoms with van der Waals surface area (Å²) in [5, 5.41) is 9.19. The standard InChI is InChI=1S/C12H23NO/c1-9-5-12-6-10(8-14)3-4-11(12)7-13(9)2/h9-12,14H,3-8H2,1-2H3/t9-,10+,11+,12+/m1/s1. The molecule has 0 amide bonds. The van der Waals surface area contributed by atoms with Crippen LogP contribution in [0.15, 0.2) is 0 Å². The molecule has 82 valence electrons. The van der Waals surface area contributed by atoms with Crippen LogP contribution < -0.4 is 0 Å². The average Bonchev–Trinajstić information content (AvgIpc) is 2.19. The van der Waals surface area contributed by atoms with Crippen molar-refractivity contribution < 1.29 is 5.11 Å². The zero-order valence-electron chi connectivity index (χ0n) is 9.45. The highest BCUT2D eigenvalue weighted by Gasteiger charge is 2.36. The predicted octanol–water partition coefficient (Wildman–Crippen LogP) is 1.74. The van der Waals surface area contributed by atoms with Gasteiger partial charge in [0.2, 0.25) is 0 Å². The molecule has 2 rings (SSSR count). The maximum Gasteiger partial charge on any atom is 0.0459 e. The molecule has 2 aliphatic rings. The van der Waals surface area contributed by atoms with Gasteiger partial charge in [0.15, 0.2) is 0 Å². The normalized spacial score (nSPS) is 44.8. The van der Waals surface area contributed by atoms with Crippen LogP contribution in [0.2, 0.25) is 0 Å². The molecule has 0 spiro atoms. The van der Waals surface area contributed by atoms with Crippen LogP contribution in [0.3, 0.4) is 0 Å². The van der Waals surface area contributed by atoms with Gasteiger partial charge in [0.05, 0.1) is 0 Å². The first kappa shape index (κ1) is 10.4. The lowest BCUT2D eigenvalue weighted by atomic mass is 9.69. The largest absolute Gasteiger partial charge is 0.396 e. The van der Waals surface area contributed by atoms with Crippen LogP contribution in [0, 0.1) is 17.8 Å². The van der Waals surface area contributed by atoms with E-state index in [1.165, 1.54) is 32.2 Å². The smallest absolute Gasteiger partial charge is 0.0459 e. The lowest BCUT2D eigenvalue weighted by Crippen LogP contribution is -2.46. The molecule has 0 unspecified atom stereocenters. The lowest BCUT2D eigenvalue weighted by Gasteiger charge is -2.45. The molecule has 0 aromatic heterocycles. The Balaban J connectivity index is 1.95. The minimum Gasteiger partial charge on any atom is -0.396 e. The second kappa shape index (κ2) is 4.19. The molecule has 2 nitrogen and oxygen atoms in total. The number of hydrogen-bond acceptors (Lipinski definition) is 2. The quantitative estimate of drug-likeness (QED) is 0.692. The number of aliphatic hydroxyl groups is 1. The molecule has 4 atom stereocenters. The van der Waals surface area contributed by atoms with E-state index in [0.29, 0.717) is 12.5 Å². The maximum absolute atomic E-state index is 9.19. The lowest BCUT2D eigenvalue weighted by molar-refractivity contribution is 0.0326. The van der Waals surface area contributed by atoms with Gasteiger partial charge in [-0.05, 0) is 57.4 Å². The molecule has 0 aromatic rings. The molecule has 1 aliphatic heterocycles. The maximum atomic E-state index is 9.19. The molecule has 1 saturated carbocycles. The molecule has 1 heterocycles. The van der Waals surface area contributed by atoms with Crippen molar-refractivity contribution in [3.05, 3.63) is 0 Å². The Morgan fingerprint density at radius 2 is 2.00 bits per heavy atom. The SMILES string of the molecule is C[C@@H]1C[C@H]2C[C@@H](CO)CC[C@H]2CN1C. The number of nitrogens with zero attached hydrogens (tertiary/aromatic N) is 1. The summed E-state index contributed by atoms with van der Waals surface area (Å²) in [6, 6.07) is 0.744. The third-order valence-corrected chi connectivity index (χ3v) is 4.43. The van der Waals surface area contributed by atoms with E-state index in [1.54, 1.807) is 0 Å². The second-order valence-corrected chi connectivity index (χ2v) is 5.41. The first-order chi connectivity index (χ1) is 6.70. The predicted molar refractivity (Wildman–Crippen MR) is 58.1 cm³/mol. The van der Waals surface area contributed by atoms with Crippen molar-refractivity contribution in [2.45, 2.75) is 38.6 Å². The number of rotatable bonds is 1. The van der Waals surface area contributed by atoms with Crippen molar-refractivity contribution in [2.24, 2.45) is 17.8 Å². The third-order valence-electron chi connectivity index (χ3n) is 4.43. The number of fused-ring (bicyclic) bond motifs is 1. The van der Waals surface area contributed by atoms with E-state index in [1.807, 2.05) is 0 Å². The zero-order valence-corrected chi connectivity index (χ0v) is 9.45. The van der Waals surface area contributed by atoms with Gasteiger partial charge in [-0.2, -0.15) is 0 Å². The molecule has 0 bridgehead atoms. The van der Waals surface area contributed by atoms with E-state index in [0.717, 1.165) is 17.9 Å². The number of piperidine rings is 1. The van der Waals surface area contributed by atoms with Crippen LogP contribution >= 0.6 is 0 Å². The van der Waals surface area contributed by atoms with Crippen LogP contribution in [0.1, 0.15) is 32.6 Å². The Labute approximate surface area is 87.3 Å². The van der Waals surface area contributed by atoms with E-state index in [4.69, 9.17) is 0 Å². The summed E-state index contributed by atoms with van der Waals surface area (Å²) in [6.45, 7) is 4.02. The van der Waals surface area contributed by atoms with Crippen molar-refractivity contribution in [2.75, 3.05) is 20.2 Å². The summed E-state index contributed by atoms with van der Waals surface area (Å²) < 4.78 is 0. The molecule has 1 saturated heterocycles. The average molecular weight is 197 g/mol. The molecule has 0 radical (unpaired) electrons. The molecule has 2 fully saturated rings. The Kier molecular flexibility index (Phi) is 3.13. The van der Waals surface area contributed by atoms with Crippen LogP contribution in [0.25, 0.3) is 0 Å². The van der Waals surface area contributed by atoms with Gasteiger partial charge in [-0.25, -0.2) is 0 Å². The van der Waals surface area contributed by atoms with Gasteiger partial charge in [0.25, 0.3) is 0 Å². The van der Waals surface area contributed by atoms with Gasteiger partial charge >= 0.3 is 0 Å². The fourth-order valence-electron chi connectivity index (χ4n) is 3.29. The van der Waals surface area contributed by atoms with Crippen molar-refractivity contribution in [1.82, 2.24) is 4.90 Å². The van der Waals surface area contributed by atoms with Gasteiger partial charge in [0, 0.05) is 19.2 Å². The monoisotopic (exact) mass is 197 g/mol. The number of aliphatic hydroxyl groups excluding tert-OH is 1. The van der Waals surface area contributed by atoms with E-state index in [9.17, 15) is 5.11 Å². The van der Waals surface area contributed by atoms with Crippen LogP contribution in [-0.2, 0) is 0 Å². The molecule has 1 aliphatic carbocycles. The van der Waals surface area contributed by atoms with Crippen molar-refractivity contribution in [3.63, 3.8) is 0 Å². The topological polar surface area (TPSA) is 23.5 Å². The van der Waals surface area contributed by atoms with Gasteiger partial charge in [-0.15, -0.1) is 0 Å². The van der Waals surface area contributed by atoms with Gasteiger partial charge in [0.1, 0.15) is 0 Å². The fourth-order valence-corrected chi connectivity index (χ4v) is 3.29. The fraction of sp³-hybridized carbons (Fsp3) is 1.00. The molecule has 0 aromatic carbocycles. The zero-order chi connectivity index (χ0) is 10.1. The molecule has 14 heavy (non-hydrogen) atoms. The minimum absolute atomic E-state index is 0.410. The Morgan fingerprint density at radius 1 is 1.21 bits per heavy atom. The summed E-state index contributed by atoms with van der Waals surface area (Å²) >= 11 is 0. The Hall–Kier alpha value is -0.0800. The molecule has 2 heteroatoms. The summed E-state index contributed by atoms with van der Waals surface area (Å²) in [7, 11) is 2.25. The first-order valence-corrected chi connectivity index (χ1v) is 6.01. The summed E-state index contributed by atoms with van der Waals surface area (Å²) in [6.07, 6.45) is 5.21. The van der Waals surface area contributed by atoms with Crippen LogP contribution in [0.5, 0.6) is 0 Å². The summed E-state index contributed by atoms with van der Waals surface area (Å²) in [5.41, 5.74) is 0. The van der Waals surface area contributed by atoms with Gasteiger partial charge in [-0.3, -0.25) is 0 Å². The van der Waals surface area contributed by atoms with Crippen molar-refractivity contribution >= 4 is 0 Å². The summed E-state index contributed by atoms with van der Waals surface area (Å²) in [5.74, 6) is 2.41. The van der Waals surface area contributed by atoms with Crippen molar-refractivity contribution in [1.29, 1.82) is 0 Å². The Bertz CT molecular complexity index is 191. The molecule has 1 N–H and O–H groups in total. The highest BCUT2D eigenvalue weighted by atomic mass is 16.3. The van der Waals surface area contributed by atoms with Crippen LogP contribution in [0.4, 0.5) is 0 Å². The minimum atomic E-state index is 0.410. The molecular weight excluding hydrogens is 174 g/mol. The summed E-state index contributed by atoms with van der Waals surface area (Å²) in [4.78, 5) is 2.50. The van der Waals surface area contributed by atoms with Gasteiger partial charge in [-0.1, -0.05) is 0 Å². The third kappa shape index (κ3) is 1.96. The van der Waals surface area contributed by atoms with E-state index < -0.39 is 0 Å². The van der Waals surface area contributed by atoms with Crippen LogP contribution in [-0.4, -0.2) is 36.2 Å². The van der Waals surface area contributed by atoms with Gasteiger partial charge < -0.3 is 10.0 Å². The number of likely N-dealkylation sites (tertiary alicyclic amines) is 1. The number of hydrogen-bond donors (Lipinski definition) is 1. The second-order valence-electron chi connectivity index (χ2n) is 5.41. The molecular formula is C12H23NO. The van der Waals surface area contributed by atoms with E-state index >= 15 is 0 Å². The Morgan fingerprint density at radius 3 is 2.71 bits per heavy atom. The highest BCUT2D eigenvalue weighted by Crippen LogP contribution is 2.40.